The van der Waals surface area contributed by atoms with Crippen LogP contribution >= 0.6 is 0 Å². The average molecular weight is 226 g/mol. The number of carbonyl (C=O) groups is 1. The fourth-order valence-electron chi connectivity index (χ4n) is 2.57. The third-order valence-corrected chi connectivity index (χ3v) is 3.72. The molecule has 92 valence electrons. The summed E-state index contributed by atoms with van der Waals surface area (Å²) in [5, 5.41) is 12.2. The van der Waals surface area contributed by atoms with Crippen LogP contribution in [0.2, 0.25) is 0 Å². The minimum absolute atomic E-state index is 0.282. The van der Waals surface area contributed by atoms with Crippen molar-refractivity contribution in [1.29, 1.82) is 0 Å². The van der Waals surface area contributed by atoms with Crippen molar-refractivity contribution in [1.82, 2.24) is 10.2 Å². The maximum absolute atomic E-state index is 10.6. The van der Waals surface area contributed by atoms with Crippen LogP contribution in [0.4, 0.5) is 0 Å². The molecule has 0 radical (unpaired) electrons. The van der Waals surface area contributed by atoms with E-state index in [0.29, 0.717) is 12.1 Å². The molecule has 1 aliphatic carbocycles. The summed E-state index contributed by atoms with van der Waals surface area (Å²) in [4.78, 5) is 13.2. The predicted octanol–water partition coefficient (Wildman–Crippen LogP) is 1.07. The summed E-state index contributed by atoms with van der Waals surface area (Å²) >= 11 is 0. The lowest BCUT2D eigenvalue weighted by molar-refractivity contribution is -0.137. The molecule has 1 saturated heterocycles. The Morgan fingerprint density at radius 3 is 2.81 bits per heavy atom. The van der Waals surface area contributed by atoms with Crippen LogP contribution in [-0.4, -0.2) is 47.2 Å². The van der Waals surface area contributed by atoms with Crippen molar-refractivity contribution < 1.29 is 9.90 Å². The quantitative estimate of drug-likeness (QED) is 0.753. The minimum Gasteiger partial charge on any atom is -0.481 e. The van der Waals surface area contributed by atoms with E-state index in [1.807, 2.05) is 0 Å². The van der Waals surface area contributed by atoms with Gasteiger partial charge in [-0.05, 0) is 39.2 Å². The summed E-state index contributed by atoms with van der Waals surface area (Å²) in [5.41, 5.74) is 0. The van der Waals surface area contributed by atoms with E-state index in [0.717, 1.165) is 25.6 Å². The number of nitrogens with one attached hydrogen (secondary N) is 1. The van der Waals surface area contributed by atoms with Crippen LogP contribution < -0.4 is 5.32 Å². The largest absolute Gasteiger partial charge is 0.481 e. The van der Waals surface area contributed by atoms with Crippen molar-refractivity contribution >= 4 is 5.97 Å². The van der Waals surface area contributed by atoms with E-state index in [4.69, 9.17) is 5.11 Å². The molecule has 1 heterocycles. The molecule has 0 spiro atoms. The first-order valence-electron chi connectivity index (χ1n) is 6.37. The summed E-state index contributed by atoms with van der Waals surface area (Å²) < 4.78 is 0. The number of carboxylic acid groups (broad SMARTS) is 1. The smallest absolute Gasteiger partial charge is 0.303 e. The molecule has 2 fully saturated rings. The number of carboxylic acids is 1. The minimum atomic E-state index is -0.683. The second kappa shape index (κ2) is 5.15. The Morgan fingerprint density at radius 2 is 2.19 bits per heavy atom. The van der Waals surface area contributed by atoms with Gasteiger partial charge in [-0.3, -0.25) is 9.69 Å². The molecule has 2 N–H and O–H groups in total. The van der Waals surface area contributed by atoms with E-state index in [-0.39, 0.29) is 6.42 Å². The van der Waals surface area contributed by atoms with Gasteiger partial charge in [-0.15, -0.1) is 0 Å². The molecule has 2 atom stereocenters. The van der Waals surface area contributed by atoms with Gasteiger partial charge in [0.25, 0.3) is 0 Å². The maximum Gasteiger partial charge on any atom is 0.303 e. The molecule has 2 rings (SSSR count). The van der Waals surface area contributed by atoms with E-state index in [2.05, 4.69) is 17.1 Å². The van der Waals surface area contributed by atoms with E-state index in [9.17, 15) is 4.79 Å². The Morgan fingerprint density at radius 1 is 1.44 bits per heavy atom. The molecular weight excluding hydrogens is 204 g/mol. The van der Waals surface area contributed by atoms with Crippen molar-refractivity contribution in [3.63, 3.8) is 0 Å². The Labute approximate surface area is 97.0 Å². The predicted molar refractivity (Wildman–Crippen MR) is 62.5 cm³/mol. The molecule has 2 aliphatic rings. The van der Waals surface area contributed by atoms with E-state index in [1.54, 1.807) is 0 Å². The second-order valence-electron chi connectivity index (χ2n) is 5.15. The lowest BCUT2D eigenvalue weighted by Gasteiger charge is -2.28. The normalized spacial score (nSPS) is 32.3. The van der Waals surface area contributed by atoms with Gasteiger partial charge in [-0.2, -0.15) is 0 Å². The summed E-state index contributed by atoms with van der Waals surface area (Å²) in [6.07, 6.45) is 4.88. The zero-order valence-electron chi connectivity index (χ0n) is 9.98. The van der Waals surface area contributed by atoms with Gasteiger partial charge in [-0.25, -0.2) is 0 Å². The first kappa shape index (κ1) is 11.9. The maximum atomic E-state index is 10.6. The van der Waals surface area contributed by atoms with Gasteiger partial charge < -0.3 is 10.4 Å². The second-order valence-corrected chi connectivity index (χ2v) is 5.15. The average Bonchev–Trinajstić information content (AvgIpc) is 3.02. The molecule has 16 heavy (non-hydrogen) atoms. The highest BCUT2D eigenvalue weighted by Crippen LogP contribution is 2.30. The Balaban J connectivity index is 1.86. The number of hydrogen-bond donors (Lipinski definition) is 2. The van der Waals surface area contributed by atoms with Crippen molar-refractivity contribution in [2.24, 2.45) is 0 Å². The summed E-state index contributed by atoms with van der Waals surface area (Å²) in [6.45, 7) is 4.34. The summed E-state index contributed by atoms with van der Waals surface area (Å²) in [6, 6.07) is 1.79. The Kier molecular flexibility index (Phi) is 3.82. The van der Waals surface area contributed by atoms with Crippen LogP contribution in [0.15, 0.2) is 0 Å². The van der Waals surface area contributed by atoms with Crippen LogP contribution in [0.3, 0.4) is 0 Å². The third-order valence-electron chi connectivity index (χ3n) is 3.72. The molecule has 2 unspecified atom stereocenters. The highest BCUT2D eigenvalue weighted by atomic mass is 16.4. The van der Waals surface area contributed by atoms with Gasteiger partial charge in [-0.1, -0.05) is 0 Å². The molecule has 0 amide bonds. The number of hydrogen-bond acceptors (Lipinski definition) is 3. The molecule has 0 aromatic heterocycles. The highest BCUT2D eigenvalue weighted by Gasteiger charge is 2.34. The topological polar surface area (TPSA) is 52.6 Å². The van der Waals surface area contributed by atoms with Crippen LogP contribution in [-0.2, 0) is 4.79 Å². The molecule has 4 heteroatoms. The zero-order chi connectivity index (χ0) is 11.5. The molecule has 0 aromatic carbocycles. The van der Waals surface area contributed by atoms with Gasteiger partial charge in [0, 0.05) is 31.1 Å². The fourth-order valence-corrected chi connectivity index (χ4v) is 2.57. The molecule has 0 aromatic rings. The first-order chi connectivity index (χ1) is 7.66. The fraction of sp³-hybridized carbons (Fsp3) is 0.917. The standard InChI is InChI=1S/C12H22N2O2/c1-9-6-7-13-10(2-5-12(15)16)8-14(9)11-3-4-11/h9-11,13H,2-8H2,1H3,(H,15,16). The van der Waals surface area contributed by atoms with Crippen LogP contribution in [0, 0.1) is 0 Å². The van der Waals surface area contributed by atoms with Crippen LogP contribution in [0.25, 0.3) is 0 Å². The molecule has 1 aliphatic heterocycles. The Hall–Kier alpha value is -0.610. The SMILES string of the molecule is CC1CCNC(CCC(=O)O)CN1C1CC1. The number of aliphatic carboxylic acids is 1. The van der Waals surface area contributed by atoms with E-state index < -0.39 is 5.97 Å². The first-order valence-corrected chi connectivity index (χ1v) is 6.37. The highest BCUT2D eigenvalue weighted by molar-refractivity contribution is 5.66. The van der Waals surface area contributed by atoms with Gasteiger partial charge in [0.2, 0.25) is 0 Å². The van der Waals surface area contributed by atoms with Crippen molar-refractivity contribution in [2.45, 2.75) is 57.2 Å². The van der Waals surface area contributed by atoms with Gasteiger partial charge in [0.1, 0.15) is 0 Å². The molecular formula is C12H22N2O2. The lowest BCUT2D eigenvalue weighted by Crippen LogP contribution is -2.41. The van der Waals surface area contributed by atoms with Crippen LogP contribution in [0.5, 0.6) is 0 Å². The number of nitrogens with zero attached hydrogens (tertiary/aromatic N) is 1. The van der Waals surface area contributed by atoms with Crippen LogP contribution in [0.1, 0.15) is 39.0 Å². The summed E-state index contributed by atoms with van der Waals surface area (Å²) in [5.74, 6) is -0.683. The molecule has 4 nitrogen and oxygen atoms in total. The molecule has 0 bridgehead atoms. The lowest BCUT2D eigenvalue weighted by atomic mass is 10.1. The third kappa shape index (κ3) is 3.19. The van der Waals surface area contributed by atoms with Crippen molar-refractivity contribution in [2.75, 3.05) is 13.1 Å². The Bertz CT molecular complexity index is 253. The van der Waals surface area contributed by atoms with Crippen molar-refractivity contribution in [3.05, 3.63) is 0 Å². The zero-order valence-corrected chi connectivity index (χ0v) is 9.98. The summed E-state index contributed by atoms with van der Waals surface area (Å²) in [7, 11) is 0. The number of rotatable bonds is 4. The monoisotopic (exact) mass is 226 g/mol. The van der Waals surface area contributed by atoms with Gasteiger partial charge in [0.15, 0.2) is 0 Å². The van der Waals surface area contributed by atoms with Gasteiger partial charge in [0.05, 0.1) is 0 Å². The van der Waals surface area contributed by atoms with Crippen molar-refractivity contribution in [3.8, 4) is 0 Å². The van der Waals surface area contributed by atoms with Gasteiger partial charge >= 0.3 is 5.97 Å². The van der Waals surface area contributed by atoms with E-state index >= 15 is 0 Å². The molecule has 1 saturated carbocycles. The van der Waals surface area contributed by atoms with E-state index in [1.165, 1.54) is 19.3 Å².